The number of fused-ring (bicyclic) bond motifs is 2. The van der Waals surface area contributed by atoms with Gasteiger partial charge in [-0.25, -0.2) is 4.98 Å². The van der Waals surface area contributed by atoms with Crippen LogP contribution in [0.15, 0.2) is 28.0 Å². The predicted octanol–water partition coefficient (Wildman–Crippen LogP) is 1.17. The Morgan fingerprint density at radius 1 is 1.25 bits per heavy atom. The lowest BCUT2D eigenvalue weighted by molar-refractivity contribution is -0.165. The van der Waals surface area contributed by atoms with E-state index in [1.807, 2.05) is 36.5 Å². The number of aryl methyl sites for hydroxylation is 1. The van der Waals surface area contributed by atoms with Crippen molar-refractivity contribution in [2.45, 2.75) is 37.6 Å². The number of likely N-dealkylation sites (N-methyl/N-ethyl adjacent to an activating group) is 1. The van der Waals surface area contributed by atoms with Crippen LogP contribution in [0.1, 0.15) is 24.2 Å². The molecule has 0 bridgehead atoms. The molecule has 2 aromatic rings. The van der Waals surface area contributed by atoms with Crippen molar-refractivity contribution >= 4 is 17.2 Å². The van der Waals surface area contributed by atoms with Crippen LogP contribution in [0.3, 0.4) is 0 Å². The summed E-state index contributed by atoms with van der Waals surface area (Å²) < 4.78 is 13.5. The molecule has 5 rings (SSSR count). The monoisotopic (exact) mass is 378 g/mol. The SMILES string of the molecule is CN1C=NCC1C#Cc1ccc2c(=O)n3c(nc2c1)CCC1(CC3)OCCO1. The third-order valence-corrected chi connectivity index (χ3v) is 5.71. The normalized spacial score (nSPS) is 22.9. The van der Waals surface area contributed by atoms with E-state index >= 15 is 0 Å². The van der Waals surface area contributed by atoms with Gasteiger partial charge >= 0.3 is 0 Å². The number of benzene rings is 1. The Morgan fingerprint density at radius 3 is 2.89 bits per heavy atom. The average molecular weight is 378 g/mol. The molecule has 0 aliphatic carbocycles. The summed E-state index contributed by atoms with van der Waals surface area (Å²) in [6.07, 6.45) is 3.86. The molecule has 28 heavy (non-hydrogen) atoms. The molecule has 1 fully saturated rings. The van der Waals surface area contributed by atoms with E-state index in [0.717, 1.165) is 17.8 Å². The van der Waals surface area contributed by atoms with Gasteiger partial charge in [-0.15, -0.1) is 0 Å². The van der Waals surface area contributed by atoms with Crippen LogP contribution in [0, 0.1) is 11.8 Å². The van der Waals surface area contributed by atoms with Crippen LogP contribution in [0.4, 0.5) is 0 Å². The summed E-state index contributed by atoms with van der Waals surface area (Å²) in [4.78, 5) is 24.1. The Hall–Kier alpha value is -2.69. The lowest BCUT2D eigenvalue weighted by Crippen LogP contribution is -2.31. The van der Waals surface area contributed by atoms with Gasteiger partial charge in [-0.3, -0.25) is 14.4 Å². The van der Waals surface area contributed by atoms with Gasteiger partial charge in [-0.05, 0) is 18.2 Å². The van der Waals surface area contributed by atoms with Crippen molar-refractivity contribution in [2.24, 2.45) is 4.99 Å². The van der Waals surface area contributed by atoms with Crippen molar-refractivity contribution in [1.82, 2.24) is 14.5 Å². The molecule has 0 amide bonds. The summed E-state index contributed by atoms with van der Waals surface area (Å²) in [6.45, 7) is 2.48. The molecule has 144 valence electrons. The van der Waals surface area contributed by atoms with E-state index in [9.17, 15) is 4.79 Å². The van der Waals surface area contributed by atoms with Gasteiger partial charge < -0.3 is 14.4 Å². The van der Waals surface area contributed by atoms with Crippen LogP contribution >= 0.6 is 0 Å². The maximum atomic E-state index is 13.0. The van der Waals surface area contributed by atoms with E-state index < -0.39 is 5.79 Å². The van der Waals surface area contributed by atoms with Crippen LogP contribution in [0.2, 0.25) is 0 Å². The lowest BCUT2D eigenvalue weighted by atomic mass is 10.1. The summed E-state index contributed by atoms with van der Waals surface area (Å²) in [5, 5.41) is 0.625. The van der Waals surface area contributed by atoms with Gasteiger partial charge in [0, 0.05) is 38.4 Å². The molecule has 1 aromatic heterocycles. The quantitative estimate of drug-likeness (QED) is 0.644. The second-order valence-corrected chi connectivity index (χ2v) is 7.51. The van der Waals surface area contributed by atoms with Gasteiger partial charge in [0.2, 0.25) is 0 Å². The Labute approximate surface area is 163 Å². The highest BCUT2D eigenvalue weighted by Gasteiger charge is 2.38. The molecular weight excluding hydrogens is 356 g/mol. The fourth-order valence-electron chi connectivity index (χ4n) is 4.06. The molecule has 4 heterocycles. The molecule has 3 aliphatic rings. The topological polar surface area (TPSA) is 69.0 Å². The zero-order valence-corrected chi connectivity index (χ0v) is 15.9. The van der Waals surface area contributed by atoms with E-state index in [0.29, 0.717) is 50.0 Å². The minimum absolute atomic E-state index is 0.00141. The van der Waals surface area contributed by atoms with Crippen molar-refractivity contribution in [3.63, 3.8) is 0 Å². The Kier molecular flexibility index (Phi) is 4.18. The predicted molar refractivity (Wildman–Crippen MR) is 105 cm³/mol. The zero-order chi connectivity index (χ0) is 19.1. The Balaban J connectivity index is 1.48. The van der Waals surface area contributed by atoms with Crippen LogP contribution in [0.5, 0.6) is 0 Å². The standard InChI is InChI=1S/C21H22N4O3/c1-24-14-22-13-16(24)4-2-15-3-5-17-18(12-15)23-19-6-7-21(27-10-11-28-21)8-9-25(19)20(17)26/h3,5,12,14,16H,6-11,13H2,1H3. The number of rotatable bonds is 0. The molecule has 1 saturated heterocycles. The second-order valence-electron chi connectivity index (χ2n) is 7.51. The fraction of sp³-hybridized carbons (Fsp3) is 0.476. The highest BCUT2D eigenvalue weighted by molar-refractivity contribution is 5.79. The van der Waals surface area contributed by atoms with E-state index in [2.05, 4.69) is 16.8 Å². The molecule has 7 nitrogen and oxygen atoms in total. The first kappa shape index (κ1) is 17.4. The molecule has 1 atom stereocenters. The zero-order valence-electron chi connectivity index (χ0n) is 15.9. The molecule has 1 aromatic carbocycles. The maximum absolute atomic E-state index is 13.0. The van der Waals surface area contributed by atoms with Gasteiger partial charge in [0.25, 0.3) is 5.56 Å². The molecular formula is C21H22N4O3. The van der Waals surface area contributed by atoms with Gasteiger partial charge in [-0.2, -0.15) is 0 Å². The molecule has 3 aliphatic heterocycles. The first-order valence-electron chi connectivity index (χ1n) is 9.68. The number of aliphatic imine (C=N–C) groups is 1. The number of hydrogen-bond donors (Lipinski definition) is 0. The van der Waals surface area contributed by atoms with Crippen molar-refractivity contribution in [3.8, 4) is 11.8 Å². The molecule has 0 saturated carbocycles. The van der Waals surface area contributed by atoms with Crippen LogP contribution in [0.25, 0.3) is 10.9 Å². The third kappa shape index (κ3) is 2.99. The Bertz CT molecular complexity index is 1070. The second kappa shape index (κ2) is 6.73. The smallest absolute Gasteiger partial charge is 0.261 e. The summed E-state index contributed by atoms with van der Waals surface area (Å²) in [5.41, 5.74) is 1.55. The third-order valence-electron chi connectivity index (χ3n) is 5.71. The van der Waals surface area contributed by atoms with Crippen molar-refractivity contribution in [3.05, 3.63) is 39.9 Å². The highest BCUT2D eigenvalue weighted by Crippen LogP contribution is 2.31. The van der Waals surface area contributed by atoms with Crippen molar-refractivity contribution < 1.29 is 9.47 Å². The maximum Gasteiger partial charge on any atom is 0.261 e. The molecule has 0 N–H and O–H groups in total. The number of hydrogen-bond acceptors (Lipinski definition) is 6. The van der Waals surface area contributed by atoms with Gasteiger partial charge in [-0.1, -0.05) is 11.8 Å². The van der Waals surface area contributed by atoms with Gasteiger partial charge in [0.05, 0.1) is 37.0 Å². The fourth-order valence-corrected chi connectivity index (χ4v) is 4.06. The summed E-state index contributed by atoms with van der Waals surface area (Å²) >= 11 is 0. The van der Waals surface area contributed by atoms with Crippen LogP contribution < -0.4 is 5.56 Å². The molecule has 0 radical (unpaired) electrons. The average Bonchev–Trinajstić information content (AvgIpc) is 3.28. The van der Waals surface area contributed by atoms with Crippen LogP contribution in [-0.4, -0.2) is 59.4 Å². The van der Waals surface area contributed by atoms with E-state index in [1.54, 1.807) is 4.57 Å². The number of ether oxygens (including phenoxy) is 2. The summed E-state index contributed by atoms with van der Waals surface area (Å²) in [6, 6.07) is 5.73. The van der Waals surface area contributed by atoms with E-state index in [1.165, 1.54) is 0 Å². The first-order valence-corrected chi connectivity index (χ1v) is 9.68. The largest absolute Gasteiger partial charge is 0.350 e. The summed E-state index contributed by atoms with van der Waals surface area (Å²) in [7, 11) is 1.97. The highest BCUT2D eigenvalue weighted by atomic mass is 16.7. The van der Waals surface area contributed by atoms with Gasteiger partial charge in [0.15, 0.2) is 5.79 Å². The minimum atomic E-state index is -0.557. The molecule has 1 unspecified atom stereocenters. The van der Waals surface area contributed by atoms with Gasteiger partial charge in [0.1, 0.15) is 11.9 Å². The number of aromatic nitrogens is 2. The Morgan fingerprint density at radius 2 is 2.11 bits per heavy atom. The molecule has 1 spiro atoms. The molecule has 7 heteroatoms. The van der Waals surface area contributed by atoms with E-state index in [4.69, 9.17) is 14.5 Å². The minimum Gasteiger partial charge on any atom is -0.350 e. The lowest BCUT2D eigenvalue weighted by Gasteiger charge is -2.24. The van der Waals surface area contributed by atoms with Crippen molar-refractivity contribution in [1.29, 1.82) is 0 Å². The number of nitrogens with zero attached hydrogens (tertiary/aromatic N) is 4. The van der Waals surface area contributed by atoms with Crippen molar-refractivity contribution in [2.75, 3.05) is 26.8 Å². The van der Waals surface area contributed by atoms with E-state index in [-0.39, 0.29) is 11.6 Å². The first-order chi connectivity index (χ1) is 13.6. The van der Waals surface area contributed by atoms with Crippen LogP contribution in [-0.2, 0) is 22.4 Å². The summed E-state index contributed by atoms with van der Waals surface area (Å²) in [5.74, 6) is 6.68.